The largest absolute Gasteiger partial charge is 0.353 e. The van der Waals surface area contributed by atoms with Crippen LogP contribution in [0.15, 0.2) is 0 Å². The fraction of sp³-hybridized carbons (Fsp3) is 0.857. The molecule has 1 amide bonds. The lowest BCUT2D eigenvalue weighted by Gasteiger charge is -2.04. The third-order valence-corrected chi connectivity index (χ3v) is 3.55. The van der Waals surface area contributed by atoms with Crippen LogP contribution in [0.1, 0.15) is 19.3 Å². The molecule has 82 valence electrons. The molecule has 5 nitrogen and oxygen atoms in total. The van der Waals surface area contributed by atoms with Crippen molar-refractivity contribution in [1.82, 2.24) is 10.0 Å². The quantitative estimate of drug-likeness (QED) is 0.630. The van der Waals surface area contributed by atoms with Crippen LogP contribution in [0.4, 0.5) is 0 Å². The second-order valence-corrected chi connectivity index (χ2v) is 5.60. The van der Waals surface area contributed by atoms with E-state index in [9.17, 15) is 13.2 Å². The number of sulfonamides is 1. The lowest BCUT2D eigenvalue weighted by molar-refractivity contribution is -0.121. The molecule has 0 aliphatic heterocycles. The first-order valence-electron chi connectivity index (χ1n) is 4.36. The molecule has 0 spiro atoms. The van der Waals surface area contributed by atoms with Crippen molar-refractivity contribution in [2.24, 2.45) is 0 Å². The van der Waals surface area contributed by atoms with Gasteiger partial charge in [-0.3, -0.25) is 4.79 Å². The second kappa shape index (κ2) is 4.95. The minimum absolute atomic E-state index is 0.105. The first kappa shape index (κ1) is 11.7. The van der Waals surface area contributed by atoms with Crippen LogP contribution in [0.3, 0.4) is 0 Å². The molecule has 0 heterocycles. The SMILES string of the molecule is O=C(CCNS(=O)(=O)CCl)NC1CC1. The van der Waals surface area contributed by atoms with Gasteiger partial charge in [0.15, 0.2) is 0 Å². The molecule has 7 heteroatoms. The molecule has 1 rings (SSSR count). The van der Waals surface area contributed by atoms with Crippen LogP contribution in [0, 0.1) is 0 Å². The van der Waals surface area contributed by atoms with Gasteiger partial charge in [0.1, 0.15) is 5.21 Å². The molecule has 2 N–H and O–H groups in total. The average molecular weight is 241 g/mol. The number of amides is 1. The molecule has 0 radical (unpaired) electrons. The summed E-state index contributed by atoms with van der Waals surface area (Å²) in [6.07, 6.45) is 2.21. The smallest absolute Gasteiger partial charge is 0.225 e. The van der Waals surface area contributed by atoms with Crippen molar-refractivity contribution < 1.29 is 13.2 Å². The van der Waals surface area contributed by atoms with Crippen LogP contribution < -0.4 is 10.0 Å². The molecule has 0 aromatic heterocycles. The van der Waals surface area contributed by atoms with E-state index in [0.29, 0.717) is 6.04 Å². The normalized spacial score (nSPS) is 16.6. The molecule has 0 saturated heterocycles. The van der Waals surface area contributed by atoms with E-state index in [1.165, 1.54) is 0 Å². The highest BCUT2D eigenvalue weighted by Crippen LogP contribution is 2.18. The maximum atomic E-state index is 11.1. The summed E-state index contributed by atoms with van der Waals surface area (Å²) in [6.45, 7) is 0.105. The van der Waals surface area contributed by atoms with Crippen LogP contribution in [0.5, 0.6) is 0 Å². The summed E-state index contributed by atoms with van der Waals surface area (Å²) in [6, 6.07) is 0.312. The Morgan fingerprint density at radius 3 is 2.57 bits per heavy atom. The van der Waals surface area contributed by atoms with Crippen molar-refractivity contribution in [2.45, 2.75) is 25.3 Å². The van der Waals surface area contributed by atoms with Crippen LogP contribution >= 0.6 is 11.6 Å². The number of alkyl halides is 1. The van der Waals surface area contributed by atoms with Crippen molar-refractivity contribution in [3.63, 3.8) is 0 Å². The molecule has 1 aliphatic carbocycles. The number of rotatable bonds is 6. The zero-order chi connectivity index (χ0) is 10.6. The van der Waals surface area contributed by atoms with Gasteiger partial charge in [0.25, 0.3) is 0 Å². The molecule has 1 saturated carbocycles. The van der Waals surface area contributed by atoms with Crippen LogP contribution in [0.2, 0.25) is 0 Å². The van der Waals surface area contributed by atoms with Crippen molar-refractivity contribution in [3.8, 4) is 0 Å². The highest BCUT2D eigenvalue weighted by Gasteiger charge is 2.22. The Morgan fingerprint density at radius 2 is 2.07 bits per heavy atom. The number of hydrogen-bond donors (Lipinski definition) is 2. The van der Waals surface area contributed by atoms with Crippen molar-refractivity contribution in [2.75, 3.05) is 11.8 Å². The van der Waals surface area contributed by atoms with Crippen molar-refractivity contribution >= 4 is 27.5 Å². The highest BCUT2D eigenvalue weighted by molar-refractivity contribution is 7.90. The van der Waals surface area contributed by atoms with E-state index in [2.05, 4.69) is 10.0 Å². The maximum Gasteiger partial charge on any atom is 0.225 e. The van der Waals surface area contributed by atoms with E-state index in [0.717, 1.165) is 12.8 Å². The van der Waals surface area contributed by atoms with E-state index in [1.807, 2.05) is 0 Å². The number of nitrogens with one attached hydrogen (secondary N) is 2. The molecule has 0 aromatic rings. The topological polar surface area (TPSA) is 75.3 Å². The van der Waals surface area contributed by atoms with E-state index in [-0.39, 0.29) is 18.9 Å². The molecule has 1 fully saturated rings. The third kappa shape index (κ3) is 4.78. The zero-order valence-corrected chi connectivity index (χ0v) is 9.20. The van der Waals surface area contributed by atoms with Gasteiger partial charge >= 0.3 is 0 Å². The molecule has 14 heavy (non-hydrogen) atoms. The standard InChI is InChI=1S/C7H13ClN2O3S/c8-5-14(12,13)9-4-3-7(11)10-6-1-2-6/h6,9H,1-5H2,(H,10,11). The molecule has 0 aromatic carbocycles. The second-order valence-electron chi connectivity index (χ2n) is 3.21. The summed E-state index contributed by atoms with van der Waals surface area (Å²) in [5.41, 5.74) is 0. The van der Waals surface area contributed by atoms with Gasteiger partial charge in [0, 0.05) is 19.0 Å². The molecular formula is C7H13ClN2O3S. The average Bonchev–Trinajstić information content (AvgIpc) is 2.88. The Kier molecular flexibility index (Phi) is 4.15. The third-order valence-electron chi connectivity index (χ3n) is 1.76. The van der Waals surface area contributed by atoms with Crippen molar-refractivity contribution in [1.29, 1.82) is 0 Å². The van der Waals surface area contributed by atoms with Crippen molar-refractivity contribution in [3.05, 3.63) is 0 Å². The number of halogens is 1. The van der Waals surface area contributed by atoms with Gasteiger partial charge in [-0.05, 0) is 12.8 Å². The van der Waals surface area contributed by atoms with Crippen LogP contribution in [-0.2, 0) is 14.8 Å². The Bertz CT molecular complexity index is 300. The summed E-state index contributed by atoms with van der Waals surface area (Å²) in [5, 5.41) is 2.28. The monoisotopic (exact) mass is 240 g/mol. The Balaban J connectivity index is 2.10. The van der Waals surface area contributed by atoms with Crippen LogP contribution in [0.25, 0.3) is 0 Å². The van der Waals surface area contributed by atoms with E-state index in [4.69, 9.17) is 11.6 Å². The predicted octanol–water partition coefficient (Wildman–Crippen LogP) is -0.229. The van der Waals surface area contributed by atoms with Gasteiger partial charge in [-0.25, -0.2) is 13.1 Å². The van der Waals surface area contributed by atoms with E-state index in [1.54, 1.807) is 0 Å². The predicted molar refractivity (Wildman–Crippen MR) is 53.4 cm³/mol. The summed E-state index contributed by atoms with van der Waals surface area (Å²) in [7, 11) is -3.39. The summed E-state index contributed by atoms with van der Waals surface area (Å²) >= 11 is 5.15. The van der Waals surface area contributed by atoms with Gasteiger partial charge in [0.2, 0.25) is 15.9 Å². The lowest BCUT2D eigenvalue weighted by atomic mass is 10.4. The summed E-state index contributed by atoms with van der Waals surface area (Å²) in [4.78, 5) is 11.1. The minimum Gasteiger partial charge on any atom is -0.353 e. The zero-order valence-electron chi connectivity index (χ0n) is 7.62. The Morgan fingerprint density at radius 1 is 1.43 bits per heavy atom. The van der Waals surface area contributed by atoms with Gasteiger partial charge in [0.05, 0.1) is 0 Å². The molecule has 0 atom stereocenters. The van der Waals surface area contributed by atoms with E-state index < -0.39 is 15.2 Å². The molecular weight excluding hydrogens is 228 g/mol. The highest BCUT2D eigenvalue weighted by atomic mass is 35.5. The molecule has 0 bridgehead atoms. The first-order chi connectivity index (χ1) is 6.53. The Hall–Kier alpha value is -0.330. The number of carbonyl (C=O) groups is 1. The number of hydrogen-bond acceptors (Lipinski definition) is 3. The first-order valence-corrected chi connectivity index (χ1v) is 6.55. The molecule has 0 unspecified atom stereocenters. The minimum atomic E-state index is -3.39. The fourth-order valence-electron chi connectivity index (χ4n) is 0.886. The van der Waals surface area contributed by atoms with Gasteiger partial charge in [-0.15, -0.1) is 11.6 Å². The fourth-order valence-corrected chi connectivity index (χ4v) is 1.61. The molecule has 1 aliphatic rings. The maximum absolute atomic E-state index is 11.1. The van der Waals surface area contributed by atoms with E-state index >= 15 is 0 Å². The Labute approximate surface area is 88.2 Å². The van der Waals surface area contributed by atoms with Gasteiger partial charge < -0.3 is 5.32 Å². The number of carbonyl (C=O) groups excluding carboxylic acids is 1. The van der Waals surface area contributed by atoms with Gasteiger partial charge in [-0.1, -0.05) is 0 Å². The summed E-state index contributed by atoms with van der Waals surface area (Å²) < 4.78 is 23.9. The van der Waals surface area contributed by atoms with Crippen LogP contribution in [-0.4, -0.2) is 32.1 Å². The summed E-state index contributed by atoms with van der Waals surface area (Å²) in [5.74, 6) is -0.121. The lowest BCUT2D eigenvalue weighted by Crippen LogP contribution is -2.32. The van der Waals surface area contributed by atoms with Gasteiger partial charge in [-0.2, -0.15) is 0 Å².